The van der Waals surface area contributed by atoms with Crippen molar-refractivity contribution in [2.75, 3.05) is 11.9 Å². The second kappa shape index (κ2) is 7.32. The van der Waals surface area contributed by atoms with E-state index < -0.39 is 0 Å². The van der Waals surface area contributed by atoms with Crippen molar-refractivity contribution in [1.29, 1.82) is 0 Å². The van der Waals surface area contributed by atoms with E-state index in [0.29, 0.717) is 27.4 Å². The Balaban J connectivity index is 1.69. The molecule has 1 saturated heterocycles. The van der Waals surface area contributed by atoms with E-state index in [1.54, 1.807) is 23.1 Å². The van der Waals surface area contributed by atoms with Gasteiger partial charge in [0.05, 0.1) is 16.6 Å². The molecular weight excluding hydrogens is 381 g/mol. The number of likely N-dealkylation sites (tertiary alicyclic amines) is 1. The van der Waals surface area contributed by atoms with Crippen molar-refractivity contribution in [2.24, 2.45) is 5.92 Å². The number of nitrogens with one attached hydrogen (secondary N) is 1. The van der Waals surface area contributed by atoms with Gasteiger partial charge in [-0.25, -0.2) is 4.98 Å². The van der Waals surface area contributed by atoms with Gasteiger partial charge in [0.2, 0.25) is 11.8 Å². The van der Waals surface area contributed by atoms with Crippen molar-refractivity contribution in [3.8, 4) is 11.3 Å². The average Bonchev–Trinajstić information content (AvgIpc) is 3.14. The summed E-state index contributed by atoms with van der Waals surface area (Å²) in [5.41, 5.74) is 1.43. The summed E-state index contributed by atoms with van der Waals surface area (Å²) in [6.07, 6.45) is 0.241. The van der Waals surface area contributed by atoms with Crippen molar-refractivity contribution < 1.29 is 9.59 Å². The van der Waals surface area contributed by atoms with Crippen molar-refractivity contribution in [2.45, 2.75) is 26.3 Å². The zero-order valence-electron chi connectivity index (χ0n) is 13.8. The first kappa shape index (κ1) is 18.2. The predicted molar refractivity (Wildman–Crippen MR) is 101 cm³/mol. The number of nitrogens with zero attached hydrogens (tertiary/aromatic N) is 2. The van der Waals surface area contributed by atoms with Gasteiger partial charge in [-0.05, 0) is 32.0 Å². The molecule has 0 bridgehead atoms. The lowest BCUT2D eigenvalue weighted by Crippen LogP contribution is -2.33. The van der Waals surface area contributed by atoms with Crippen LogP contribution >= 0.6 is 34.5 Å². The fourth-order valence-corrected chi connectivity index (χ4v) is 3.98. The van der Waals surface area contributed by atoms with Gasteiger partial charge in [-0.1, -0.05) is 23.2 Å². The quantitative estimate of drug-likeness (QED) is 0.835. The maximum atomic E-state index is 12.4. The smallest absolute Gasteiger partial charge is 0.231 e. The molecule has 3 rings (SSSR count). The number of hydrogen-bond donors (Lipinski definition) is 1. The number of aromatic nitrogens is 1. The third-order valence-electron chi connectivity index (χ3n) is 4.09. The predicted octanol–water partition coefficient (Wildman–Crippen LogP) is 4.31. The lowest BCUT2D eigenvalue weighted by molar-refractivity contribution is -0.129. The van der Waals surface area contributed by atoms with Gasteiger partial charge < -0.3 is 10.2 Å². The molecule has 0 spiro atoms. The van der Waals surface area contributed by atoms with E-state index in [4.69, 9.17) is 23.2 Å². The first-order chi connectivity index (χ1) is 11.8. The Morgan fingerprint density at radius 3 is 2.80 bits per heavy atom. The van der Waals surface area contributed by atoms with Crippen LogP contribution in [0.2, 0.25) is 10.0 Å². The number of benzene rings is 1. The Morgan fingerprint density at radius 1 is 1.40 bits per heavy atom. The number of rotatable bonds is 4. The molecule has 1 aromatic heterocycles. The fourth-order valence-electron chi connectivity index (χ4n) is 2.77. The van der Waals surface area contributed by atoms with Crippen LogP contribution < -0.4 is 5.32 Å². The second-order valence-corrected chi connectivity index (χ2v) is 7.89. The number of hydrogen-bond acceptors (Lipinski definition) is 4. The minimum absolute atomic E-state index is 0.0166. The van der Waals surface area contributed by atoms with Crippen LogP contribution in [0, 0.1) is 5.92 Å². The molecule has 0 saturated carbocycles. The summed E-state index contributed by atoms with van der Waals surface area (Å²) >= 11 is 13.4. The summed E-state index contributed by atoms with van der Waals surface area (Å²) < 4.78 is 0. The number of halogens is 2. The average molecular weight is 398 g/mol. The van der Waals surface area contributed by atoms with Crippen LogP contribution in [0.5, 0.6) is 0 Å². The van der Waals surface area contributed by atoms with Crippen molar-refractivity contribution in [1.82, 2.24) is 9.88 Å². The standard InChI is InChI=1S/C17H17Cl2N3O2S/c1-9(2)22-7-10(5-15(22)23)16(24)21-17-20-14(8-25-17)12-4-3-11(18)6-13(12)19/h3-4,6,8-10H,5,7H2,1-2H3,(H,20,21,24). The molecule has 1 unspecified atom stereocenters. The van der Waals surface area contributed by atoms with Gasteiger partial charge in [0.1, 0.15) is 0 Å². The molecule has 1 aromatic carbocycles. The van der Waals surface area contributed by atoms with Crippen LogP contribution in [-0.4, -0.2) is 34.3 Å². The van der Waals surface area contributed by atoms with Crippen LogP contribution in [0.3, 0.4) is 0 Å². The van der Waals surface area contributed by atoms with Crippen molar-refractivity contribution >= 4 is 51.5 Å². The molecule has 2 heterocycles. The van der Waals surface area contributed by atoms with Crippen LogP contribution in [0.4, 0.5) is 5.13 Å². The van der Waals surface area contributed by atoms with E-state index >= 15 is 0 Å². The SMILES string of the molecule is CC(C)N1CC(C(=O)Nc2nc(-c3ccc(Cl)cc3Cl)cs2)CC1=O. The summed E-state index contributed by atoms with van der Waals surface area (Å²) in [5, 5.41) is 6.18. The second-order valence-electron chi connectivity index (χ2n) is 6.19. The zero-order valence-corrected chi connectivity index (χ0v) is 16.1. The third-order valence-corrected chi connectivity index (χ3v) is 5.40. The molecule has 1 aliphatic rings. The Hall–Kier alpha value is -1.63. The molecule has 5 nitrogen and oxygen atoms in total. The summed E-state index contributed by atoms with van der Waals surface area (Å²) in [6, 6.07) is 5.29. The van der Waals surface area contributed by atoms with E-state index in [1.807, 2.05) is 19.2 Å². The van der Waals surface area contributed by atoms with Crippen LogP contribution in [0.1, 0.15) is 20.3 Å². The minimum atomic E-state index is -0.346. The molecule has 1 fully saturated rings. The molecule has 0 radical (unpaired) electrons. The Morgan fingerprint density at radius 2 is 2.16 bits per heavy atom. The molecule has 2 amide bonds. The lowest BCUT2D eigenvalue weighted by Gasteiger charge is -2.20. The Bertz CT molecular complexity index is 822. The topological polar surface area (TPSA) is 62.3 Å². The fraction of sp³-hybridized carbons (Fsp3) is 0.353. The van der Waals surface area contributed by atoms with E-state index in [-0.39, 0.29) is 30.2 Å². The van der Waals surface area contributed by atoms with Crippen LogP contribution in [0.15, 0.2) is 23.6 Å². The van der Waals surface area contributed by atoms with Crippen LogP contribution in [0.25, 0.3) is 11.3 Å². The van der Waals surface area contributed by atoms with Gasteiger partial charge in [0.15, 0.2) is 5.13 Å². The largest absolute Gasteiger partial charge is 0.339 e. The van der Waals surface area contributed by atoms with E-state index in [2.05, 4.69) is 10.3 Å². The highest BCUT2D eigenvalue weighted by molar-refractivity contribution is 7.14. The van der Waals surface area contributed by atoms with Gasteiger partial charge in [-0.15, -0.1) is 11.3 Å². The van der Waals surface area contributed by atoms with Gasteiger partial charge in [0.25, 0.3) is 0 Å². The summed E-state index contributed by atoms with van der Waals surface area (Å²) in [7, 11) is 0. The Labute approximate surface area is 160 Å². The molecule has 0 aliphatic carbocycles. The molecule has 1 atom stereocenters. The van der Waals surface area contributed by atoms with Gasteiger partial charge in [-0.3, -0.25) is 9.59 Å². The molecule has 8 heteroatoms. The zero-order chi connectivity index (χ0) is 18.1. The van der Waals surface area contributed by atoms with E-state index in [0.717, 1.165) is 5.56 Å². The maximum Gasteiger partial charge on any atom is 0.231 e. The van der Waals surface area contributed by atoms with Gasteiger partial charge in [0, 0.05) is 35.0 Å². The number of carbonyl (C=O) groups excluding carboxylic acids is 2. The highest BCUT2D eigenvalue weighted by Gasteiger charge is 2.35. The molecular formula is C17H17Cl2N3O2S. The highest BCUT2D eigenvalue weighted by Crippen LogP contribution is 2.32. The lowest BCUT2D eigenvalue weighted by atomic mass is 10.1. The molecule has 1 aliphatic heterocycles. The molecule has 1 N–H and O–H groups in total. The summed E-state index contributed by atoms with van der Waals surface area (Å²) in [5.74, 6) is -0.510. The van der Waals surface area contributed by atoms with Gasteiger partial charge >= 0.3 is 0 Å². The number of anilines is 1. The minimum Gasteiger partial charge on any atom is -0.339 e. The van der Waals surface area contributed by atoms with Gasteiger partial charge in [-0.2, -0.15) is 0 Å². The number of thiazole rings is 1. The number of carbonyl (C=O) groups is 2. The maximum absolute atomic E-state index is 12.4. The van der Waals surface area contributed by atoms with Crippen molar-refractivity contribution in [3.63, 3.8) is 0 Å². The number of amides is 2. The normalized spacial score (nSPS) is 17.4. The monoisotopic (exact) mass is 397 g/mol. The summed E-state index contributed by atoms with van der Waals surface area (Å²) in [6.45, 7) is 4.34. The molecule has 25 heavy (non-hydrogen) atoms. The highest BCUT2D eigenvalue weighted by atomic mass is 35.5. The molecule has 2 aromatic rings. The van der Waals surface area contributed by atoms with Crippen molar-refractivity contribution in [3.05, 3.63) is 33.6 Å². The third kappa shape index (κ3) is 3.97. The van der Waals surface area contributed by atoms with E-state index in [1.165, 1.54) is 11.3 Å². The van der Waals surface area contributed by atoms with E-state index in [9.17, 15) is 9.59 Å². The summed E-state index contributed by atoms with van der Waals surface area (Å²) in [4.78, 5) is 30.5. The molecule has 132 valence electrons. The first-order valence-electron chi connectivity index (χ1n) is 7.86. The van der Waals surface area contributed by atoms with Crippen LogP contribution in [-0.2, 0) is 9.59 Å². The first-order valence-corrected chi connectivity index (χ1v) is 9.50. The Kier molecular flexibility index (Phi) is 5.32.